The molecule has 2 aliphatic heterocycles. The van der Waals surface area contributed by atoms with Crippen LogP contribution in [0.2, 0.25) is 0 Å². The van der Waals surface area contributed by atoms with E-state index < -0.39 is 17.6 Å². The lowest BCUT2D eigenvalue weighted by Crippen LogP contribution is -2.47. The van der Waals surface area contributed by atoms with Gasteiger partial charge in [-0.05, 0) is 66.6 Å². The van der Waals surface area contributed by atoms with Gasteiger partial charge in [-0.25, -0.2) is 18.5 Å². The van der Waals surface area contributed by atoms with Gasteiger partial charge in [0.15, 0.2) is 11.6 Å². The van der Waals surface area contributed by atoms with Crippen molar-refractivity contribution in [2.75, 3.05) is 56.9 Å². The van der Waals surface area contributed by atoms with Crippen LogP contribution in [-0.4, -0.2) is 105 Å². The molecule has 2 aromatic heterocycles. The molecule has 14 nitrogen and oxygen atoms in total. The number of nitriles is 1. The number of halogens is 2. The van der Waals surface area contributed by atoms with Crippen LogP contribution in [0.15, 0.2) is 53.7 Å². The van der Waals surface area contributed by atoms with Crippen LogP contribution in [0.4, 0.5) is 20.5 Å². The molecule has 2 fully saturated rings. The fourth-order valence-electron chi connectivity index (χ4n) is 6.73. The minimum atomic E-state index is -2.93. The molecule has 4 aromatic rings. The Balaban J connectivity index is 0.000000730. The third-order valence-electron chi connectivity index (χ3n) is 9.44. The first kappa shape index (κ1) is 40.1. The number of aromatic nitrogens is 4. The number of ether oxygens (including phenoxy) is 1. The number of anilines is 2. The zero-order valence-corrected chi connectivity index (χ0v) is 31.4. The highest BCUT2D eigenvalue weighted by Gasteiger charge is 2.30. The Morgan fingerprint density at radius 1 is 1.11 bits per heavy atom. The second-order valence-corrected chi connectivity index (χ2v) is 14.9. The molecule has 0 spiro atoms. The van der Waals surface area contributed by atoms with Gasteiger partial charge in [-0.15, -0.1) is 0 Å². The van der Waals surface area contributed by atoms with Crippen LogP contribution >= 0.6 is 0 Å². The van der Waals surface area contributed by atoms with E-state index in [1.807, 2.05) is 29.1 Å². The van der Waals surface area contributed by atoms with Crippen molar-refractivity contribution in [2.45, 2.75) is 56.1 Å². The van der Waals surface area contributed by atoms with E-state index in [1.165, 1.54) is 18.0 Å². The van der Waals surface area contributed by atoms with Crippen molar-refractivity contribution in [3.8, 4) is 11.8 Å². The summed E-state index contributed by atoms with van der Waals surface area (Å²) in [7, 11) is 2.50. The summed E-state index contributed by atoms with van der Waals surface area (Å²) >= 11 is 0. The first-order valence-corrected chi connectivity index (χ1v) is 18.9. The lowest BCUT2D eigenvalue weighted by molar-refractivity contribution is -0.110. The predicted molar refractivity (Wildman–Crippen MR) is 202 cm³/mol. The zero-order valence-electron chi connectivity index (χ0n) is 30.6. The van der Waals surface area contributed by atoms with Crippen LogP contribution in [0.3, 0.4) is 0 Å². The Labute approximate surface area is 315 Å². The van der Waals surface area contributed by atoms with Crippen LogP contribution in [0.25, 0.3) is 10.9 Å². The van der Waals surface area contributed by atoms with E-state index in [0.29, 0.717) is 73.5 Å². The summed E-state index contributed by atoms with van der Waals surface area (Å²) in [5, 5.41) is 24.2. The standard InChI is InChI=1S/C33H39F2N9O2S.C4H7NO2/c1-21(18-43-19-25(20-43)22-5-7-29-30(14-22)42(3)41-31(29)37-2)12-24-13-28(6-4-23(24)15-36)47(45)44-10-8-26(9-11-44)40-33-38-16-27(17-39-33)46-32(34)35;6-3-1-2-5-4-7/h4-7,13-14,16-17,21,25-26,32H,8-12,18-20H2,1-3H3,(H,37,41)(H,38,39,40);3-4H,1-2H2,(H,5,7). The Morgan fingerprint density at radius 3 is 2.50 bits per heavy atom. The Bertz CT molecular complexity index is 1920. The summed E-state index contributed by atoms with van der Waals surface area (Å²) in [5.74, 6) is 1.94. The van der Waals surface area contributed by atoms with Crippen LogP contribution in [0.5, 0.6) is 5.75 Å². The molecule has 4 heterocycles. The fourth-order valence-corrected chi connectivity index (χ4v) is 8.00. The van der Waals surface area contributed by atoms with Crippen molar-refractivity contribution >= 4 is 46.4 Å². The molecule has 6 rings (SSSR count). The van der Waals surface area contributed by atoms with Gasteiger partial charge in [0.1, 0.15) is 17.3 Å². The molecular formula is C37H46F2N10O4S. The number of carbonyl (C=O) groups excluding carboxylic acids is 2. The number of aryl methyl sites for hydroxylation is 1. The molecule has 2 unspecified atom stereocenters. The van der Waals surface area contributed by atoms with Gasteiger partial charge in [0.05, 0.1) is 34.4 Å². The highest BCUT2D eigenvalue weighted by Crippen LogP contribution is 2.32. The highest BCUT2D eigenvalue weighted by molar-refractivity contribution is 7.82. The number of nitrogens with one attached hydrogen (secondary N) is 3. The Hall–Kier alpha value is -5.05. The third kappa shape index (κ3) is 10.5. The van der Waals surface area contributed by atoms with Crippen LogP contribution in [0.1, 0.15) is 48.8 Å². The van der Waals surface area contributed by atoms with Gasteiger partial charge >= 0.3 is 6.61 Å². The van der Waals surface area contributed by atoms with Crippen LogP contribution < -0.4 is 20.7 Å². The maximum atomic E-state index is 13.6. The van der Waals surface area contributed by atoms with Crippen molar-refractivity contribution in [2.24, 2.45) is 13.0 Å². The van der Waals surface area contributed by atoms with Gasteiger partial charge in [0.2, 0.25) is 12.4 Å². The van der Waals surface area contributed by atoms with Crippen molar-refractivity contribution in [1.82, 2.24) is 34.3 Å². The molecule has 2 aromatic carbocycles. The van der Waals surface area contributed by atoms with Gasteiger partial charge in [0.25, 0.3) is 0 Å². The molecule has 0 bridgehead atoms. The van der Waals surface area contributed by atoms with Gasteiger partial charge in [-0.2, -0.15) is 19.1 Å². The van der Waals surface area contributed by atoms with E-state index >= 15 is 0 Å². The number of piperidine rings is 1. The van der Waals surface area contributed by atoms with E-state index in [0.717, 1.165) is 54.6 Å². The highest BCUT2D eigenvalue weighted by atomic mass is 32.2. The summed E-state index contributed by atoms with van der Waals surface area (Å²) in [6.07, 6.45) is 6.32. The average molecular weight is 765 g/mol. The number of hydrogen-bond acceptors (Lipinski definition) is 11. The fraction of sp³-hybridized carbons (Fsp3) is 0.459. The lowest BCUT2D eigenvalue weighted by atomic mass is 9.89. The number of nitrogens with zero attached hydrogens (tertiary/aromatic N) is 7. The molecule has 0 aliphatic carbocycles. The second kappa shape index (κ2) is 19.3. The second-order valence-electron chi connectivity index (χ2n) is 13.4. The maximum absolute atomic E-state index is 13.6. The number of likely N-dealkylation sites (tertiary alicyclic amines) is 1. The van der Waals surface area contributed by atoms with E-state index in [9.17, 15) is 27.8 Å². The molecule has 0 radical (unpaired) electrons. The predicted octanol–water partition coefficient (Wildman–Crippen LogP) is 4.08. The number of benzene rings is 2. The van der Waals surface area contributed by atoms with E-state index in [4.69, 9.17) is 0 Å². The topological polar surface area (TPSA) is 170 Å². The van der Waals surface area contributed by atoms with Gasteiger partial charge in [0, 0.05) is 77.1 Å². The quantitative estimate of drug-likeness (QED) is 0.111. The first-order chi connectivity index (χ1) is 26.1. The van der Waals surface area contributed by atoms with Gasteiger partial charge < -0.3 is 30.4 Å². The molecule has 3 N–H and O–H groups in total. The summed E-state index contributed by atoms with van der Waals surface area (Å²) in [4.78, 5) is 30.2. The molecule has 2 saturated heterocycles. The molecule has 1 amide bonds. The number of hydrogen-bond donors (Lipinski definition) is 3. The molecule has 0 saturated carbocycles. The van der Waals surface area contributed by atoms with Crippen molar-refractivity contribution in [3.05, 3.63) is 65.5 Å². The smallest absolute Gasteiger partial charge is 0.387 e. The molecule has 17 heteroatoms. The summed E-state index contributed by atoms with van der Waals surface area (Å²) in [6, 6.07) is 14.5. The maximum Gasteiger partial charge on any atom is 0.387 e. The number of rotatable bonds is 16. The SMILES string of the molecule is CNc1nn(C)c2cc(C3CN(CC(C)Cc4cc(S(=O)N5CCC(Nc6ncc(OC(F)F)cn6)CC5)ccc4C#N)C3)ccc12.O=CCCNC=O. The number of carbonyl (C=O) groups is 2. The number of alkyl halides is 2. The summed E-state index contributed by atoms with van der Waals surface area (Å²) in [6.45, 7) is 3.86. The Morgan fingerprint density at radius 2 is 1.85 bits per heavy atom. The minimum Gasteiger partial charge on any atom is -0.432 e. The lowest BCUT2D eigenvalue weighted by Gasteiger charge is -2.41. The third-order valence-corrected chi connectivity index (χ3v) is 10.9. The average Bonchev–Trinajstić information content (AvgIpc) is 3.48. The van der Waals surface area contributed by atoms with Gasteiger partial charge in [-0.3, -0.25) is 9.48 Å². The molecular weight excluding hydrogens is 719 g/mol. The molecule has 288 valence electrons. The largest absolute Gasteiger partial charge is 0.432 e. The zero-order chi connectivity index (χ0) is 38.6. The first-order valence-electron chi connectivity index (χ1n) is 17.8. The minimum absolute atomic E-state index is 0.0628. The van der Waals surface area contributed by atoms with Gasteiger partial charge in [-0.1, -0.05) is 13.0 Å². The summed E-state index contributed by atoms with van der Waals surface area (Å²) < 4.78 is 46.5. The number of aldehydes is 1. The van der Waals surface area contributed by atoms with E-state index in [1.54, 1.807) is 12.1 Å². The number of fused-ring (bicyclic) bond motifs is 1. The molecule has 54 heavy (non-hydrogen) atoms. The number of amides is 1. The van der Waals surface area contributed by atoms with Crippen LogP contribution in [0, 0.1) is 17.2 Å². The normalized spacial score (nSPS) is 16.4. The monoisotopic (exact) mass is 764 g/mol. The van der Waals surface area contributed by atoms with Crippen molar-refractivity contribution < 1.29 is 27.3 Å². The summed E-state index contributed by atoms with van der Waals surface area (Å²) in [5.41, 5.74) is 4.01. The molecule has 2 atom stereocenters. The molecule has 2 aliphatic rings. The Kier molecular flexibility index (Phi) is 14.4. The van der Waals surface area contributed by atoms with Crippen LogP contribution in [-0.2, 0) is 34.0 Å². The van der Waals surface area contributed by atoms with Crippen molar-refractivity contribution in [3.63, 3.8) is 0 Å². The van der Waals surface area contributed by atoms with E-state index in [-0.39, 0.29) is 11.8 Å². The van der Waals surface area contributed by atoms with E-state index in [2.05, 4.69) is 71.8 Å². The van der Waals surface area contributed by atoms with Crippen molar-refractivity contribution in [1.29, 1.82) is 5.26 Å².